The predicted molar refractivity (Wildman–Crippen MR) is 91.2 cm³/mol. The molecule has 0 rings (SSSR count). The average molecular weight is 301 g/mol. The Balaban J connectivity index is 3.59. The maximum atomic E-state index is 5.99. The Labute approximate surface area is 128 Å². The Morgan fingerprint density at radius 1 is 0.950 bits per heavy atom. The summed E-state index contributed by atoms with van der Waals surface area (Å²) >= 11 is 0. The normalized spacial score (nSPS) is 14.4. The van der Waals surface area contributed by atoms with Crippen molar-refractivity contribution in [2.75, 3.05) is 13.2 Å². The van der Waals surface area contributed by atoms with Crippen molar-refractivity contribution in [2.45, 2.75) is 78.7 Å². The molecule has 1 unspecified atom stereocenters. The fourth-order valence-electron chi connectivity index (χ4n) is 1.99. The fourth-order valence-corrected chi connectivity index (χ4v) is 3.38. The Morgan fingerprint density at radius 3 is 2.05 bits per heavy atom. The third kappa shape index (κ3) is 11.7. The molecule has 0 radical (unpaired) electrons. The zero-order chi connectivity index (χ0) is 15.3. The molecule has 3 heteroatoms. The van der Waals surface area contributed by atoms with Crippen molar-refractivity contribution in [3.63, 3.8) is 0 Å². The Bertz CT molecular complexity index is 231. The van der Waals surface area contributed by atoms with E-state index in [2.05, 4.69) is 33.9 Å². The van der Waals surface area contributed by atoms with Gasteiger partial charge in [-0.25, -0.2) is 0 Å². The molecule has 2 nitrogen and oxygen atoms in total. The molecule has 1 atom stereocenters. The minimum atomic E-state index is -2.11. The van der Waals surface area contributed by atoms with Crippen LogP contribution in [0.5, 0.6) is 0 Å². The summed E-state index contributed by atoms with van der Waals surface area (Å²) in [5.74, 6) is 0.682. The van der Waals surface area contributed by atoms with Crippen LogP contribution in [-0.2, 0) is 8.85 Å². The lowest BCUT2D eigenvalue weighted by molar-refractivity contribution is 0.173. The number of rotatable bonds is 14. The molecule has 0 bridgehead atoms. The molecule has 0 aliphatic carbocycles. The topological polar surface area (TPSA) is 18.5 Å². The van der Waals surface area contributed by atoms with Gasteiger partial charge in [-0.15, -0.1) is 6.58 Å². The number of hydrogen-bond acceptors (Lipinski definition) is 2. The second-order valence-corrected chi connectivity index (χ2v) is 9.24. The van der Waals surface area contributed by atoms with E-state index in [1.165, 1.54) is 38.5 Å². The zero-order valence-electron chi connectivity index (χ0n) is 14.2. The van der Waals surface area contributed by atoms with Gasteiger partial charge >= 0.3 is 8.56 Å². The molecule has 0 saturated carbocycles. The van der Waals surface area contributed by atoms with E-state index in [4.69, 9.17) is 8.85 Å². The predicted octanol–water partition coefficient (Wildman–Crippen LogP) is 5.61. The minimum Gasteiger partial charge on any atom is -0.391 e. The molecule has 0 spiro atoms. The lowest BCUT2D eigenvalue weighted by atomic mass is 10.1. The van der Waals surface area contributed by atoms with E-state index in [1.54, 1.807) is 0 Å². The van der Waals surface area contributed by atoms with Gasteiger partial charge in [0.2, 0.25) is 0 Å². The monoisotopic (exact) mass is 300 g/mol. The van der Waals surface area contributed by atoms with E-state index < -0.39 is 8.56 Å². The van der Waals surface area contributed by atoms with Gasteiger partial charge in [0, 0.05) is 13.2 Å². The first kappa shape index (κ1) is 19.9. The molecule has 0 aromatic heterocycles. The van der Waals surface area contributed by atoms with E-state index in [9.17, 15) is 0 Å². The number of hydrogen-bond donors (Lipinski definition) is 0. The molecule has 0 aliphatic rings. The van der Waals surface area contributed by atoms with Gasteiger partial charge in [-0.1, -0.05) is 59.3 Å². The highest BCUT2D eigenvalue weighted by atomic mass is 28.4. The van der Waals surface area contributed by atoms with Gasteiger partial charge in [0.1, 0.15) is 0 Å². The zero-order valence-corrected chi connectivity index (χ0v) is 15.2. The largest absolute Gasteiger partial charge is 0.391 e. The highest BCUT2D eigenvalue weighted by molar-refractivity contribution is 6.71. The summed E-state index contributed by atoms with van der Waals surface area (Å²) in [6, 6.07) is 0. The third-order valence-corrected chi connectivity index (χ3v) is 5.89. The summed E-state index contributed by atoms with van der Waals surface area (Å²) in [5.41, 5.74) is 1.91. The van der Waals surface area contributed by atoms with Gasteiger partial charge in [0.25, 0.3) is 0 Å². The first-order valence-electron chi connectivity index (χ1n) is 8.45. The van der Waals surface area contributed by atoms with Crippen LogP contribution in [0.1, 0.15) is 72.1 Å². The quantitative estimate of drug-likeness (QED) is 0.306. The Morgan fingerprint density at radius 2 is 1.50 bits per heavy atom. The molecule has 0 N–H and O–H groups in total. The van der Waals surface area contributed by atoms with Gasteiger partial charge < -0.3 is 8.85 Å². The van der Waals surface area contributed by atoms with Crippen LogP contribution in [-0.4, -0.2) is 21.8 Å². The SMILES string of the molecule is C=C[Si](C)(OCCCCCCCCC)OCCC(C)C. The van der Waals surface area contributed by atoms with Crippen molar-refractivity contribution < 1.29 is 8.85 Å². The molecule has 120 valence electrons. The first-order valence-corrected chi connectivity index (χ1v) is 10.8. The van der Waals surface area contributed by atoms with E-state index in [0.29, 0.717) is 5.92 Å². The summed E-state index contributed by atoms with van der Waals surface area (Å²) in [6.07, 6.45) is 10.3. The van der Waals surface area contributed by atoms with Crippen LogP contribution < -0.4 is 0 Å². The van der Waals surface area contributed by atoms with Crippen LogP contribution in [0.4, 0.5) is 0 Å². The average Bonchev–Trinajstić information content (AvgIpc) is 2.41. The molecule has 0 aromatic rings. The smallest absolute Gasteiger partial charge is 0.361 e. The van der Waals surface area contributed by atoms with Crippen molar-refractivity contribution >= 4 is 8.56 Å². The lowest BCUT2D eigenvalue weighted by Crippen LogP contribution is -2.37. The van der Waals surface area contributed by atoms with E-state index >= 15 is 0 Å². The summed E-state index contributed by atoms with van der Waals surface area (Å²) in [7, 11) is -2.11. The summed E-state index contributed by atoms with van der Waals surface area (Å²) in [6.45, 7) is 14.3. The molecule has 20 heavy (non-hydrogen) atoms. The van der Waals surface area contributed by atoms with E-state index in [1.807, 2.05) is 5.70 Å². The third-order valence-electron chi connectivity index (χ3n) is 3.59. The van der Waals surface area contributed by atoms with Crippen molar-refractivity contribution in [1.29, 1.82) is 0 Å². The van der Waals surface area contributed by atoms with Crippen LogP contribution in [0.25, 0.3) is 0 Å². The molecule has 0 amide bonds. The summed E-state index contributed by atoms with van der Waals surface area (Å²) < 4.78 is 11.9. The maximum Gasteiger partial charge on any atom is 0.361 e. The van der Waals surface area contributed by atoms with Crippen molar-refractivity contribution in [1.82, 2.24) is 0 Å². The van der Waals surface area contributed by atoms with E-state index in [0.717, 1.165) is 26.1 Å². The summed E-state index contributed by atoms with van der Waals surface area (Å²) in [4.78, 5) is 0. The highest BCUT2D eigenvalue weighted by Gasteiger charge is 2.27. The lowest BCUT2D eigenvalue weighted by Gasteiger charge is -2.24. The van der Waals surface area contributed by atoms with Gasteiger partial charge in [0.05, 0.1) is 0 Å². The van der Waals surface area contributed by atoms with Crippen LogP contribution in [0.2, 0.25) is 6.55 Å². The molecule has 0 aliphatic heterocycles. The van der Waals surface area contributed by atoms with Gasteiger partial charge in [-0.05, 0) is 31.0 Å². The number of unbranched alkanes of at least 4 members (excludes halogenated alkanes) is 6. The summed E-state index contributed by atoms with van der Waals surface area (Å²) in [5, 5.41) is 0. The fraction of sp³-hybridized carbons (Fsp3) is 0.882. The highest BCUT2D eigenvalue weighted by Crippen LogP contribution is 2.13. The van der Waals surface area contributed by atoms with Crippen molar-refractivity contribution in [2.24, 2.45) is 5.92 Å². The van der Waals surface area contributed by atoms with Crippen LogP contribution >= 0.6 is 0 Å². The molecule has 0 heterocycles. The van der Waals surface area contributed by atoms with Crippen molar-refractivity contribution in [3.05, 3.63) is 12.3 Å². The van der Waals surface area contributed by atoms with Crippen LogP contribution in [0, 0.1) is 5.92 Å². The van der Waals surface area contributed by atoms with Gasteiger partial charge in [0.15, 0.2) is 0 Å². The molecular weight excluding hydrogens is 264 g/mol. The van der Waals surface area contributed by atoms with Gasteiger partial charge in [-0.3, -0.25) is 0 Å². The molecular formula is C17H36O2Si. The molecule has 0 saturated heterocycles. The second kappa shape index (κ2) is 12.6. The second-order valence-electron chi connectivity index (χ2n) is 6.22. The van der Waals surface area contributed by atoms with E-state index in [-0.39, 0.29) is 0 Å². The Kier molecular flexibility index (Phi) is 12.5. The maximum absolute atomic E-state index is 5.99. The van der Waals surface area contributed by atoms with Crippen LogP contribution in [0.3, 0.4) is 0 Å². The van der Waals surface area contributed by atoms with Crippen LogP contribution in [0.15, 0.2) is 12.3 Å². The van der Waals surface area contributed by atoms with Gasteiger partial charge in [-0.2, -0.15) is 0 Å². The Hall–Kier alpha value is -0.123. The standard InChI is InChI=1S/C17H36O2Si/c1-6-8-9-10-11-12-13-15-18-20(5,7-2)19-16-14-17(3)4/h7,17H,2,6,8-16H2,1,3-5H3. The molecule has 0 fully saturated rings. The molecule has 0 aromatic carbocycles. The first-order chi connectivity index (χ1) is 9.54. The van der Waals surface area contributed by atoms with Crippen molar-refractivity contribution in [3.8, 4) is 0 Å². The minimum absolute atomic E-state index is 0.682.